The quantitative estimate of drug-likeness (QED) is 0.425. The van der Waals surface area contributed by atoms with Gasteiger partial charge in [0.1, 0.15) is 11.5 Å². The molecule has 5 nitrogen and oxygen atoms in total. The van der Waals surface area contributed by atoms with E-state index in [-0.39, 0.29) is 0 Å². The minimum absolute atomic E-state index is 0.510. The van der Waals surface area contributed by atoms with Gasteiger partial charge in [-0.25, -0.2) is 4.98 Å². The van der Waals surface area contributed by atoms with Gasteiger partial charge in [-0.2, -0.15) is 5.10 Å². The molecule has 1 heterocycles. The van der Waals surface area contributed by atoms with Crippen molar-refractivity contribution in [3.05, 3.63) is 59.5 Å². The number of thiazole rings is 1. The zero-order chi connectivity index (χ0) is 19.1. The first kappa shape index (κ1) is 18.9. The van der Waals surface area contributed by atoms with Gasteiger partial charge in [0.05, 0.1) is 25.6 Å². The summed E-state index contributed by atoms with van der Waals surface area (Å²) < 4.78 is 10.9. The normalized spacial score (nSPS) is 11.1. The van der Waals surface area contributed by atoms with Crippen LogP contribution in [0.25, 0.3) is 11.3 Å². The summed E-state index contributed by atoms with van der Waals surface area (Å²) in [5, 5.41) is 6.99. The van der Waals surface area contributed by atoms with E-state index in [1.54, 1.807) is 13.3 Å². The maximum Gasteiger partial charge on any atom is 0.203 e. The lowest BCUT2D eigenvalue weighted by Crippen LogP contribution is -2.04. The van der Waals surface area contributed by atoms with Gasteiger partial charge in [0.2, 0.25) is 5.13 Å². The molecule has 1 N–H and O–H groups in total. The van der Waals surface area contributed by atoms with Gasteiger partial charge in [-0.3, -0.25) is 5.43 Å². The monoisotopic (exact) mass is 381 g/mol. The summed E-state index contributed by atoms with van der Waals surface area (Å²) in [6, 6.07) is 15.7. The van der Waals surface area contributed by atoms with Crippen LogP contribution in [0.15, 0.2) is 59.0 Å². The summed E-state index contributed by atoms with van der Waals surface area (Å²) in [6.45, 7) is 4.98. The number of nitrogens with one attached hydrogen (secondary N) is 1. The lowest BCUT2D eigenvalue weighted by Gasteiger charge is -2.08. The van der Waals surface area contributed by atoms with Crippen molar-refractivity contribution in [2.24, 2.45) is 11.0 Å². The molecule has 27 heavy (non-hydrogen) atoms. The Morgan fingerprint density at radius 2 is 1.96 bits per heavy atom. The second-order valence-electron chi connectivity index (χ2n) is 6.41. The third-order valence-corrected chi connectivity index (χ3v) is 4.45. The van der Waals surface area contributed by atoms with Crippen LogP contribution in [0.4, 0.5) is 5.13 Å². The largest absolute Gasteiger partial charge is 0.497 e. The molecule has 0 bridgehead atoms. The summed E-state index contributed by atoms with van der Waals surface area (Å²) in [5.41, 5.74) is 5.88. The van der Waals surface area contributed by atoms with Crippen molar-refractivity contribution in [1.29, 1.82) is 0 Å². The fourth-order valence-electron chi connectivity index (χ4n) is 2.32. The second kappa shape index (κ2) is 9.19. The molecule has 2 aromatic carbocycles. The molecule has 0 atom stereocenters. The van der Waals surface area contributed by atoms with Crippen LogP contribution in [0.1, 0.15) is 19.4 Å². The molecular weight excluding hydrogens is 358 g/mol. The highest BCUT2D eigenvalue weighted by atomic mass is 32.1. The van der Waals surface area contributed by atoms with Crippen molar-refractivity contribution in [3.63, 3.8) is 0 Å². The van der Waals surface area contributed by atoms with Crippen LogP contribution in [0, 0.1) is 5.92 Å². The van der Waals surface area contributed by atoms with Crippen molar-refractivity contribution in [2.45, 2.75) is 13.8 Å². The molecule has 0 aliphatic carbocycles. The van der Waals surface area contributed by atoms with Crippen molar-refractivity contribution < 1.29 is 9.47 Å². The van der Waals surface area contributed by atoms with Gasteiger partial charge in [-0.15, -0.1) is 11.3 Å². The first-order chi connectivity index (χ1) is 13.1. The van der Waals surface area contributed by atoms with E-state index in [9.17, 15) is 0 Å². The molecule has 3 aromatic rings. The summed E-state index contributed by atoms with van der Waals surface area (Å²) in [5.74, 6) is 2.20. The van der Waals surface area contributed by atoms with Crippen LogP contribution >= 0.6 is 11.3 Å². The van der Waals surface area contributed by atoms with E-state index in [1.807, 2.05) is 53.9 Å². The van der Waals surface area contributed by atoms with Gasteiger partial charge in [-0.1, -0.05) is 26.0 Å². The second-order valence-corrected chi connectivity index (χ2v) is 7.27. The molecule has 0 saturated carbocycles. The molecule has 0 fully saturated rings. The highest BCUT2D eigenvalue weighted by molar-refractivity contribution is 7.14. The molecule has 0 aliphatic rings. The Kier molecular flexibility index (Phi) is 6.44. The fraction of sp³-hybridized carbons (Fsp3) is 0.238. The molecule has 6 heteroatoms. The Labute approximate surface area is 163 Å². The summed E-state index contributed by atoms with van der Waals surface area (Å²) in [4.78, 5) is 4.56. The minimum atomic E-state index is 0.510. The van der Waals surface area contributed by atoms with Gasteiger partial charge in [0.15, 0.2) is 0 Å². The van der Waals surface area contributed by atoms with Crippen molar-refractivity contribution in [2.75, 3.05) is 19.1 Å². The highest BCUT2D eigenvalue weighted by Gasteiger charge is 2.05. The number of hydrogen-bond acceptors (Lipinski definition) is 6. The van der Waals surface area contributed by atoms with Crippen molar-refractivity contribution >= 4 is 22.7 Å². The van der Waals surface area contributed by atoms with Crippen LogP contribution in [-0.4, -0.2) is 24.9 Å². The van der Waals surface area contributed by atoms with Crippen LogP contribution in [0.3, 0.4) is 0 Å². The van der Waals surface area contributed by atoms with E-state index in [0.717, 1.165) is 33.5 Å². The molecule has 0 radical (unpaired) electrons. The Balaban J connectivity index is 1.58. The smallest absolute Gasteiger partial charge is 0.203 e. The number of aromatic nitrogens is 1. The predicted molar refractivity (Wildman–Crippen MR) is 112 cm³/mol. The molecular formula is C21H23N3O2S. The van der Waals surface area contributed by atoms with E-state index >= 15 is 0 Å². The first-order valence-electron chi connectivity index (χ1n) is 8.76. The van der Waals surface area contributed by atoms with E-state index in [0.29, 0.717) is 12.5 Å². The number of methoxy groups -OCH3 is 1. The minimum Gasteiger partial charge on any atom is -0.497 e. The number of anilines is 1. The van der Waals surface area contributed by atoms with Crippen molar-refractivity contribution in [1.82, 2.24) is 4.98 Å². The van der Waals surface area contributed by atoms with Gasteiger partial charge in [0, 0.05) is 10.9 Å². The fourth-order valence-corrected chi connectivity index (χ4v) is 2.98. The number of ether oxygens (including phenoxy) is 2. The van der Waals surface area contributed by atoms with Crippen LogP contribution in [0.5, 0.6) is 11.5 Å². The number of hydrazone groups is 1. The zero-order valence-corrected chi connectivity index (χ0v) is 16.5. The maximum atomic E-state index is 5.68. The van der Waals surface area contributed by atoms with Crippen LogP contribution < -0.4 is 14.9 Å². The molecule has 0 unspecified atom stereocenters. The standard InChI is InChI=1S/C21H23N3O2S/c1-15(2)13-26-18-9-7-16(8-10-18)12-22-24-21-23-20(14-27-21)17-5-4-6-19(11-17)25-3/h4-12,14-15H,13H2,1-3H3,(H,23,24)/b22-12-. The van der Waals surface area contributed by atoms with E-state index < -0.39 is 0 Å². The van der Waals surface area contributed by atoms with Gasteiger partial charge in [0.25, 0.3) is 0 Å². The lowest BCUT2D eigenvalue weighted by atomic mass is 10.2. The molecule has 140 valence electrons. The Morgan fingerprint density at radius 1 is 1.15 bits per heavy atom. The number of hydrogen-bond donors (Lipinski definition) is 1. The van der Waals surface area contributed by atoms with Gasteiger partial charge < -0.3 is 9.47 Å². The van der Waals surface area contributed by atoms with Gasteiger partial charge in [-0.05, 0) is 47.9 Å². The first-order valence-corrected chi connectivity index (χ1v) is 9.64. The number of benzene rings is 2. The van der Waals surface area contributed by atoms with Crippen LogP contribution in [0.2, 0.25) is 0 Å². The van der Waals surface area contributed by atoms with E-state index in [4.69, 9.17) is 9.47 Å². The number of nitrogens with zero attached hydrogens (tertiary/aromatic N) is 2. The molecule has 0 aliphatic heterocycles. The zero-order valence-electron chi connectivity index (χ0n) is 15.7. The Hall–Kier alpha value is -2.86. The average Bonchev–Trinajstić information content (AvgIpc) is 3.16. The molecule has 0 saturated heterocycles. The third-order valence-electron chi connectivity index (χ3n) is 3.71. The Bertz CT molecular complexity index is 888. The van der Waals surface area contributed by atoms with Crippen molar-refractivity contribution in [3.8, 4) is 22.8 Å². The lowest BCUT2D eigenvalue weighted by molar-refractivity contribution is 0.271. The summed E-state index contributed by atoms with van der Waals surface area (Å²) >= 11 is 1.51. The molecule has 0 spiro atoms. The van der Waals surface area contributed by atoms with Crippen LogP contribution in [-0.2, 0) is 0 Å². The van der Waals surface area contributed by atoms with E-state index in [2.05, 4.69) is 29.4 Å². The topological polar surface area (TPSA) is 55.7 Å². The third kappa shape index (κ3) is 5.56. The average molecular weight is 382 g/mol. The SMILES string of the molecule is COc1cccc(-c2csc(N/N=C\c3ccc(OCC(C)C)cc3)n2)c1. The molecule has 0 amide bonds. The maximum absolute atomic E-state index is 5.68. The molecule has 1 aromatic heterocycles. The molecule has 3 rings (SSSR count). The number of rotatable bonds is 8. The highest BCUT2D eigenvalue weighted by Crippen LogP contribution is 2.27. The summed E-state index contributed by atoms with van der Waals surface area (Å²) in [6.07, 6.45) is 1.76. The van der Waals surface area contributed by atoms with E-state index in [1.165, 1.54) is 11.3 Å². The summed E-state index contributed by atoms with van der Waals surface area (Å²) in [7, 11) is 1.66. The Morgan fingerprint density at radius 3 is 2.70 bits per heavy atom. The van der Waals surface area contributed by atoms with Gasteiger partial charge >= 0.3 is 0 Å². The predicted octanol–water partition coefficient (Wildman–Crippen LogP) is 5.30.